The average Bonchev–Trinajstić information content (AvgIpc) is 3.95. The molecular formula is C53H57N7O14S. The molecule has 8 rings (SSSR count). The van der Waals surface area contributed by atoms with Crippen molar-refractivity contribution in [2.24, 2.45) is 0 Å². The van der Waals surface area contributed by atoms with Crippen LogP contribution in [0.5, 0.6) is 11.5 Å². The van der Waals surface area contributed by atoms with Gasteiger partial charge in [-0.25, -0.2) is 4.68 Å². The van der Waals surface area contributed by atoms with Crippen molar-refractivity contribution in [3.8, 4) is 45.3 Å². The van der Waals surface area contributed by atoms with Gasteiger partial charge in [0.05, 0.1) is 101 Å². The normalized spacial score (nSPS) is 14.1. The molecule has 2 aliphatic heterocycles. The van der Waals surface area contributed by atoms with E-state index in [9.17, 15) is 39.0 Å². The van der Waals surface area contributed by atoms with Crippen molar-refractivity contribution in [2.45, 2.75) is 37.6 Å². The highest BCUT2D eigenvalue weighted by atomic mass is 32.1. The number of aromatic hydroxyl groups is 2. The predicted molar refractivity (Wildman–Crippen MR) is 276 cm³/mol. The zero-order valence-corrected chi connectivity index (χ0v) is 41.8. The second-order valence-corrected chi connectivity index (χ2v) is 17.9. The van der Waals surface area contributed by atoms with Crippen LogP contribution in [0.3, 0.4) is 0 Å². The Hall–Kier alpha value is -7.47. The van der Waals surface area contributed by atoms with Gasteiger partial charge >= 0.3 is 0 Å². The van der Waals surface area contributed by atoms with Crippen molar-refractivity contribution in [2.75, 3.05) is 90.6 Å². The van der Waals surface area contributed by atoms with Crippen molar-refractivity contribution in [1.82, 2.24) is 30.5 Å². The predicted octanol–water partition coefficient (Wildman–Crippen LogP) is 4.11. The van der Waals surface area contributed by atoms with Crippen molar-refractivity contribution >= 4 is 58.8 Å². The highest BCUT2D eigenvalue weighted by Crippen LogP contribution is 2.41. The Balaban J connectivity index is 0.673. The number of carbonyl (C=O) groups excluding carboxylic acids is 5. The summed E-state index contributed by atoms with van der Waals surface area (Å²) in [6.07, 6.45) is -0.0363. The van der Waals surface area contributed by atoms with Crippen LogP contribution in [0.25, 0.3) is 44.8 Å². The van der Waals surface area contributed by atoms with Gasteiger partial charge in [0, 0.05) is 67.2 Å². The number of likely N-dealkylation sites (tertiary alicyclic amines) is 1. The van der Waals surface area contributed by atoms with Gasteiger partial charge in [-0.2, -0.15) is 12.6 Å². The molecule has 2 aromatic heterocycles. The van der Waals surface area contributed by atoms with Gasteiger partial charge < -0.3 is 53.8 Å². The molecule has 5 amide bonds. The van der Waals surface area contributed by atoms with E-state index in [1.54, 1.807) is 29.2 Å². The highest BCUT2D eigenvalue weighted by molar-refractivity contribution is 7.81. The molecule has 0 radical (unpaired) electrons. The summed E-state index contributed by atoms with van der Waals surface area (Å²) in [5.41, 5.74) is 4.97. The summed E-state index contributed by atoms with van der Waals surface area (Å²) in [7, 11) is 0. The molecule has 75 heavy (non-hydrogen) atoms. The van der Waals surface area contributed by atoms with Crippen LogP contribution in [0.2, 0.25) is 0 Å². The van der Waals surface area contributed by atoms with Crippen molar-refractivity contribution in [1.29, 1.82) is 0 Å². The molecule has 394 valence electrons. The number of anilines is 1. The zero-order valence-electron chi connectivity index (χ0n) is 40.9. The van der Waals surface area contributed by atoms with Crippen LogP contribution in [0, 0.1) is 0 Å². The lowest BCUT2D eigenvalue weighted by atomic mass is 9.95. The van der Waals surface area contributed by atoms with Gasteiger partial charge in [0.1, 0.15) is 11.5 Å². The summed E-state index contributed by atoms with van der Waals surface area (Å²) < 4.78 is 35.8. The van der Waals surface area contributed by atoms with Crippen molar-refractivity contribution < 1.29 is 62.3 Å². The molecule has 0 aliphatic carbocycles. The fourth-order valence-electron chi connectivity index (χ4n) is 8.43. The number of phenols is 2. The van der Waals surface area contributed by atoms with Gasteiger partial charge in [0.15, 0.2) is 16.8 Å². The molecule has 4 heterocycles. The summed E-state index contributed by atoms with van der Waals surface area (Å²) in [5.74, 6) is -2.40. The van der Waals surface area contributed by atoms with E-state index >= 15 is 0 Å². The van der Waals surface area contributed by atoms with Crippen molar-refractivity contribution in [3.63, 3.8) is 0 Å². The number of para-hydroxylation sites is 1. The molecule has 1 unspecified atom stereocenters. The zero-order chi connectivity index (χ0) is 52.7. The molecule has 6 aromatic rings. The van der Waals surface area contributed by atoms with E-state index in [1.165, 1.54) is 18.2 Å². The lowest BCUT2D eigenvalue weighted by Crippen LogP contribution is -2.37. The monoisotopic (exact) mass is 1050 g/mol. The van der Waals surface area contributed by atoms with Crippen LogP contribution in [-0.2, 0) is 56.0 Å². The number of nitrogens with one attached hydrogen (secondary N) is 2. The van der Waals surface area contributed by atoms with Gasteiger partial charge in [-0.05, 0) is 35.9 Å². The minimum atomic E-state index is -0.681. The first kappa shape index (κ1) is 53.8. The summed E-state index contributed by atoms with van der Waals surface area (Å²) >= 11 is 4.12. The van der Waals surface area contributed by atoms with Crippen LogP contribution in [-0.4, -0.2) is 151 Å². The first-order chi connectivity index (χ1) is 36.5. The second kappa shape index (κ2) is 26.1. The lowest BCUT2D eigenvalue weighted by Gasteiger charge is -2.28. The van der Waals surface area contributed by atoms with Gasteiger partial charge in [0.25, 0.3) is 5.91 Å². The first-order valence-corrected chi connectivity index (χ1v) is 25.0. The van der Waals surface area contributed by atoms with Crippen LogP contribution >= 0.6 is 12.6 Å². The highest BCUT2D eigenvalue weighted by Gasteiger charge is 2.36. The second-order valence-electron chi connectivity index (χ2n) is 17.3. The van der Waals surface area contributed by atoms with Gasteiger partial charge in [-0.3, -0.25) is 33.7 Å². The molecule has 1 fully saturated rings. The van der Waals surface area contributed by atoms with E-state index in [4.69, 9.17) is 28.1 Å². The molecule has 1 saturated heterocycles. The number of fused-ring (bicyclic) bond motifs is 6. The molecule has 4 N–H and O–H groups in total. The number of amides is 5. The summed E-state index contributed by atoms with van der Waals surface area (Å²) in [4.78, 5) is 78.6. The first-order valence-electron chi connectivity index (χ1n) is 24.4. The Morgan fingerprint density at radius 1 is 0.720 bits per heavy atom. The SMILES string of the molecule is O=C(CCN1C(=O)CC(S)C1=O)NCCC(=O)N1Cc2ccccc2-c2c(nnn2CCOCCOCCOCCOCCOCCNC(=O)c2ccc(-c3cc(=O)c4ccc(O)c(O)c4o3)cc2)-c2ccccc21. The fourth-order valence-corrected chi connectivity index (χ4v) is 8.73. The fraction of sp³-hybridized carbons (Fsp3) is 0.358. The maximum absolute atomic E-state index is 13.9. The molecule has 2 aliphatic rings. The lowest BCUT2D eigenvalue weighted by molar-refractivity contribution is -0.138. The van der Waals surface area contributed by atoms with E-state index in [1.807, 2.05) is 53.2 Å². The third-order valence-corrected chi connectivity index (χ3v) is 12.7. The number of rotatable bonds is 26. The number of aromatic nitrogens is 3. The van der Waals surface area contributed by atoms with E-state index < -0.39 is 22.7 Å². The number of thiol groups is 1. The standard InChI is InChI=1S/C53H57N7O14S/c61-41-14-13-39-42(62)31-43(74-51(39)50(41)66)34-9-11-35(12-10-34)52(67)55-18-21-69-23-25-71-27-29-73-30-28-72-26-24-70-22-20-60-49-37-6-2-1-5-36(37)33-59(40-8-4-3-7-38(40)48(49)56-57-60)46(64)15-17-54-45(63)16-19-58-47(65)32-44(75)53(58)68/h1-14,31,44,61,66,75H,15-30,32-33H2,(H,54,63)(H,55,67). The van der Waals surface area contributed by atoms with E-state index in [0.29, 0.717) is 88.5 Å². The molecular weight excluding hydrogens is 991 g/mol. The number of hydrogen-bond acceptors (Lipinski definition) is 17. The minimum absolute atomic E-state index is 0.0164. The van der Waals surface area contributed by atoms with Crippen molar-refractivity contribution in [3.05, 3.63) is 112 Å². The Morgan fingerprint density at radius 2 is 1.37 bits per heavy atom. The third kappa shape index (κ3) is 13.6. The van der Waals surface area contributed by atoms with Gasteiger partial charge in [-0.1, -0.05) is 59.8 Å². The Morgan fingerprint density at radius 3 is 2.07 bits per heavy atom. The topological polar surface area (TPSA) is 263 Å². The number of phenolic OH excluding ortho intramolecular Hbond substituents is 2. The van der Waals surface area contributed by atoms with E-state index in [2.05, 4.69) is 33.6 Å². The summed E-state index contributed by atoms with van der Waals surface area (Å²) in [5, 5.41) is 34.0. The number of benzene rings is 4. The number of carbonyl (C=O) groups is 5. The minimum Gasteiger partial charge on any atom is -0.504 e. The summed E-state index contributed by atoms with van der Waals surface area (Å²) in [6.45, 7) is 4.57. The molecule has 4 aromatic carbocycles. The van der Waals surface area contributed by atoms with Crippen LogP contribution in [0.15, 0.2) is 100 Å². The van der Waals surface area contributed by atoms with E-state index in [0.717, 1.165) is 27.3 Å². The Bertz CT molecular complexity index is 3060. The molecule has 22 heteroatoms. The van der Waals surface area contributed by atoms with Crippen LogP contribution in [0.1, 0.15) is 35.2 Å². The van der Waals surface area contributed by atoms with Crippen LogP contribution < -0.4 is 21.0 Å². The Labute approximate surface area is 436 Å². The third-order valence-electron chi connectivity index (χ3n) is 12.3. The van der Waals surface area contributed by atoms with Gasteiger partial charge in [0.2, 0.25) is 29.4 Å². The maximum atomic E-state index is 13.9. The van der Waals surface area contributed by atoms with Crippen LogP contribution in [0.4, 0.5) is 5.69 Å². The van der Waals surface area contributed by atoms with E-state index in [-0.39, 0.29) is 97.8 Å². The number of imide groups is 1. The maximum Gasteiger partial charge on any atom is 0.251 e. The number of nitrogens with zero attached hydrogens (tertiary/aromatic N) is 5. The number of hydrogen-bond donors (Lipinski definition) is 5. The quantitative estimate of drug-likeness (QED) is 0.0222. The number of ether oxygens (including phenoxy) is 5. The largest absolute Gasteiger partial charge is 0.504 e. The molecule has 1 atom stereocenters. The molecule has 0 bridgehead atoms. The molecule has 0 spiro atoms. The van der Waals surface area contributed by atoms with Gasteiger partial charge in [-0.15, -0.1) is 5.10 Å². The molecule has 0 saturated carbocycles. The summed E-state index contributed by atoms with van der Waals surface area (Å²) in [6, 6.07) is 25.6. The molecule has 21 nitrogen and oxygen atoms in total. The Kier molecular flexibility index (Phi) is 18.8. The average molecular weight is 1050 g/mol. The smallest absolute Gasteiger partial charge is 0.251 e.